The standard InChI is InChI=1S/C11H22N2O2/c1-8(2)11(4-5-12-7-11)10(15)13-9(3)6-14/h8-9,12,14H,4-7H2,1-3H3,(H,13,15)/t9-,11?/m1/s1. The summed E-state index contributed by atoms with van der Waals surface area (Å²) < 4.78 is 0. The maximum atomic E-state index is 12.1. The van der Waals surface area contributed by atoms with Crippen molar-refractivity contribution in [2.45, 2.75) is 33.2 Å². The molecule has 1 aliphatic heterocycles. The van der Waals surface area contributed by atoms with E-state index in [0.717, 1.165) is 19.5 Å². The summed E-state index contributed by atoms with van der Waals surface area (Å²) in [5, 5.41) is 15.0. The third-order valence-electron chi connectivity index (χ3n) is 3.40. The number of hydrogen-bond donors (Lipinski definition) is 3. The summed E-state index contributed by atoms with van der Waals surface area (Å²) in [7, 11) is 0. The highest BCUT2D eigenvalue weighted by atomic mass is 16.3. The minimum atomic E-state index is -0.288. The van der Waals surface area contributed by atoms with E-state index in [1.54, 1.807) is 0 Å². The summed E-state index contributed by atoms with van der Waals surface area (Å²) in [6.45, 7) is 7.61. The number of carbonyl (C=O) groups is 1. The number of aliphatic hydroxyl groups excluding tert-OH is 1. The van der Waals surface area contributed by atoms with Crippen LogP contribution in [0.1, 0.15) is 27.2 Å². The van der Waals surface area contributed by atoms with Crippen molar-refractivity contribution in [2.75, 3.05) is 19.7 Å². The van der Waals surface area contributed by atoms with E-state index in [4.69, 9.17) is 5.11 Å². The molecule has 15 heavy (non-hydrogen) atoms. The van der Waals surface area contributed by atoms with Gasteiger partial charge in [0.05, 0.1) is 12.0 Å². The van der Waals surface area contributed by atoms with Crippen molar-refractivity contribution in [1.29, 1.82) is 0 Å². The first-order valence-corrected chi connectivity index (χ1v) is 5.65. The second kappa shape index (κ2) is 4.94. The topological polar surface area (TPSA) is 61.4 Å². The average molecular weight is 214 g/mol. The van der Waals surface area contributed by atoms with Gasteiger partial charge < -0.3 is 15.7 Å². The molecule has 0 aliphatic carbocycles. The quantitative estimate of drug-likeness (QED) is 0.623. The highest BCUT2D eigenvalue weighted by molar-refractivity contribution is 5.83. The average Bonchev–Trinajstić information content (AvgIpc) is 2.67. The highest BCUT2D eigenvalue weighted by Crippen LogP contribution is 2.34. The largest absolute Gasteiger partial charge is 0.394 e. The first-order valence-electron chi connectivity index (χ1n) is 5.65. The Morgan fingerprint density at radius 2 is 2.20 bits per heavy atom. The summed E-state index contributed by atoms with van der Waals surface area (Å²) in [5.41, 5.74) is -0.288. The number of nitrogens with one attached hydrogen (secondary N) is 2. The molecule has 1 aliphatic rings. The molecule has 1 saturated heterocycles. The van der Waals surface area contributed by atoms with Crippen LogP contribution in [-0.4, -0.2) is 36.8 Å². The number of hydrogen-bond acceptors (Lipinski definition) is 3. The van der Waals surface area contributed by atoms with Crippen LogP contribution in [0, 0.1) is 11.3 Å². The van der Waals surface area contributed by atoms with E-state index in [-0.39, 0.29) is 24.0 Å². The Hall–Kier alpha value is -0.610. The van der Waals surface area contributed by atoms with Gasteiger partial charge in [-0.1, -0.05) is 13.8 Å². The molecular formula is C11H22N2O2. The van der Waals surface area contributed by atoms with Crippen LogP contribution in [0.15, 0.2) is 0 Å². The molecule has 0 aromatic heterocycles. The molecule has 1 heterocycles. The van der Waals surface area contributed by atoms with Crippen molar-refractivity contribution in [1.82, 2.24) is 10.6 Å². The van der Waals surface area contributed by atoms with E-state index in [1.807, 2.05) is 6.92 Å². The van der Waals surface area contributed by atoms with Crippen molar-refractivity contribution < 1.29 is 9.90 Å². The van der Waals surface area contributed by atoms with Gasteiger partial charge in [0.2, 0.25) is 5.91 Å². The first-order chi connectivity index (χ1) is 7.03. The summed E-state index contributed by atoms with van der Waals surface area (Å²) in [6, 6.07) is -0.159. The summed E-state index contributed by atoms with van der Waals surface area (Å²) in [6.07, 6.45) is 0.884. The second-order valence-corrected chi connectivity index (χ2v) is 4.79. The molecule has 3 N–H and O–H groups in total. The van der Waals surface area contributed by atoms with Crippen molar-refractivity contribution >= 4 is 5.91 Å². The summed E-state index contributed by atoms with van der Waals surface area (Å²) in [4.78, 5) is 12.1. The highest BCUT2D eigenvalue weighted by Gasteiger charge is 2.43. The minimum absolute atomic E-state index is 0.00660. The van der Waals surface area contributed by atoms with Crippen LogP contribution < -0.4 is 10.6 Å². The zero-order valence-corrected chi connectivity index (χ0v) is 9.84. The Morgan fingerprint density at radius 3 is 2.60 bits per heavy atom. The van der Waals surface area contributed by atoms with Crippen LogP contribution in [0.4, 0.5) is 0 Å². The molecule has 2 atom stereocenters. The summed E-state index contributed by atoms with van der Waals surface area (Å²) in [5.74, 6) is 0.391. The molecule has 0 bridgehead atoms. The number of rotatable bonds is 4. The zero-order valence-electron chi connectivity index (χ0n) is 9.84. The smallest absolute Gasteiger partial charge is 0.228 e. The molecule has 1 amide bonds. The number of amides is 1. The van der Waals surface area contributed by atoms with Gasteiger partial charge >= 0.3 is 0 Å². The predicted molar refractivity (Wildman–Crippen MR) is 59.4 cm³/mol. The van der Waals surface area contributed by atoms with E-state index in [0.29, 0.717) is 5.92 Å². The van der Waals surface area contributed by atoms with Gasteiger partial charge in [0.15, 0.2) is 0 Å². The Kier molecular flexibility index (Phi) is 4.11. The Balaban J connectivity index is 2.68. The lowest BCUT2D eigenvalue weighted by Crippen LogP contribution is -2.49. The minimum Gasteiger partial charge on any atom is -0.394 e. The van der Waals surface area contributed by atoms with Crippen LogP contribution in [0.3, 0.4) is 0 Å². The lowest BCUT2D eigenvalue weighted by molar-refractivity contribution is -0.133. The van der Waals surface area contributed by atoms with Crippen molar-refractivity contribution in [2.24, 2.45) is 11.3 Å². The molecule has 0 spiro atoms. The Bertz CT molecular complexity index is 223. The maximum Gasteiger partial charge on any atom is 0.228 e. The van der Waals surface area contributed by atoms with Crippen molar-refractivity contribution in [3.63, 3.8) is 0 Å². The van der Waals surface area contributed by atoms with Crippen LogP contribution in [-0.2, 0) is 4.79 Å². The third-order valence-corrected chi connectivity index (χ3v) is 3.40. The Labute approximate surface area is 91.4 Å². The van der Waals surface area contributed by atoms with E-state index in [9.17, 15) is 4.79 Å². The maximum absolute atomic E-state index is 12.1. The SMILES string of the molecule is CC(C)C1(C(=O)N[C@H](C)CO)CCNC1. The van der Waals surface area contributed by atoms with Crippen molar-refractivity contribution in [3.05, 3.63) is 0 Å². The fourth-order valence-electron chi connectivity index (χ4n) is 2.07. The predicted octanol–water partition coefficient (Wildman–Crippen LogP) is 0.119. The molecule has 0 aromatic rings. The van der Waals surface area contributed by atoms with Gasteiger partial charge in [-0.3, -0.25) is 4.79 Å². The van der Waals surface area contributed by atoms with E-state index in [1.165, 1.54) is 0 Å². The molecule has 0 aromatic carbocycles. The third kappa shape index (κ3) is 2.49. The molecule has 0 radical (unpaired) electrons. The van der Waals surface area contributed by atoms with Gasteiger partial charge in [0.25, 0.3) is 0 Å². The molecule has 4 nitrogen and oxygen atoms in total. The lowest BCUT2D eigenvalue weighted by atomic mass is 9.75. The van der Waals surface area contributed by atoms with E-state index < -0.39 is 0 Å². The number of carbonyl (C=O) groups excluding carboxylic acids is 1. The molecular weight excluding hydrogens is 192 g/mol. The zero-order chi connectivity index (χ0) is 11.5. The lowest BCUT2D eigenvalue weighted by Gasteiger charge is -2.32. The van der Waals surface area contributed by atoms with E-state index in [2.05, 4.69) is 24.5 Å². The molecule has 88 valence electrons. The Morgan fingerprint density at radius 1 is 1.53 bits per heavy atom. The molecule has 1 fully saturated rings. The fraction of sp³-hybridized carbons (Fsp3) is 0.909. The van der Waals surface area contributed by atoms with Crippen LogP contribution in [0.25, 0.3) is 0 Å². The van der Waals surface area contributed by atoms with Gasteiger partial charge in [-0.05, 0) is 25.8 Å². The van der Waals surface area contributed by atoms with Crippen LogP contribution >= 0.6 is 0 Å². The fourth-order valence-corrected chi connectivity index (χ4v) is 2.07. The summed E-state index contributed by atoms with van der Waals surface area (Å²) >= 11 is 0. The van der Waals surface area contributed by atoms with Gasteiger partial charge in [-0.2, -0.15) is 0 Å². The van der Waals surface area contributed by atoms with Crippen LogP contribution in [0.5, 0.6) is 0 Å². The first kappa shape index (κ1) is 12.5. The number of aliphatic hydroxyl groups is 1. The molecule has 1 unspecified atom stereocenters. The van der Waals surface area contributed by atoms with Gasteiger partial charge in [0, 0.05) is 12.6 Å². The normalized spacial score (nSPS) is 28.1. The second-order valence-electron chi connectivity index (χ2n) is 4.79. The van der Waals surface area contributed by atoms with E-state index >= 15 is 0 Å². The van der Waals surface area contributed by atoms with Gasteiger partial charge in [-0.25, -0.2) is 0 Å². The van der Waals surface area contributed by atoms with Crippen LogP contribution in [0.2, 0.25) is 0 Å². The molecule has 0 saturated carbocycles. The van der Waals surface area contributed by atoms with Crippen molar-refractivity contribution in [3.8, 4) is 0 Å². The monoisotopic (exact) mass is 214 g/mol. The van der Waals surface area contributed by atoms with Gasteiger partial charge in [-0.15, -0.1) is 0 Å². The molecule has 4 heteroatoms. The van der Waals surface area contributed by atoms with Gasteiger partial charge in [0.1, 0.15) is 0 Å². The molecule has 1 rings (SSSR count).